The molecule has 12 heteroatoms. The maximum Gasteiger partial charge on any atom is 0.268 e. The van der Waals surface area contributed by atoms with Gasteiger partial charge in [-0.1, -0.05) is 72.2 Å². The average molecular weight is 756 g/mol. The quantitative estimate of drug-likeness (QED) is 0.151. The lowest BCUT2D eigenvalue weighted by Crippen LogP contribution is -2.75. The number of piperazine rings is 1. The van der Waals surface area contributed by atoms with E-state index in [1.54, 1.807) is 69.5 Å². The highest BCUT2D eigenvalue weighted by Crippen LogP contribution is 2.32. The van der Waals surface area contributed by atoms with Gasteiger partial charge in [-0.15, -0.1) is 13.0 Å². The van der Waals surface area contributed by atoms with E-state index in [4.69, 9.17) is 6.42 Å². The van der Waals surface area contributed by atoms with Crippen LogP contribution in [0.4, 0.5) is 0 Å². The van der Waals surface area contributed by atoms with Crippen molar-refractivity contribution in [3.05, 3.63) is 144 Å². The molecule has 7 rings (SSSR count). The van der Waals surface area contributed by atoms with Crippen LogP contribution in [-0.2, 0) is 43.8 Å². The number of carbonyl (C=O) groups excluding carboxylic acids is 3. The van der Waals surface area contributed by atoms with Gasteiger partial charge in [-0.2, -0.15) is 0 Å². The molecule has 2 aliphatic heterocycles. The van der Waals surface area contributed by atoms with E-state index in [0.29, 0.717) is 28.5 Å². The van der Waals surface area contributed by atoms with E-state index in [2.05, 4.69) is 12.5 Å². The first kappa shape index (κ1) is 37.2. The van der Waals surface area contributed by atoms with Crippen molar-refractivity contribution in [1.82, 2.24) is 23.8 Å². The molecule has 0 unspecified atom stereocenters. The second-order valence-electron chi connectivity index (χ2n) is 13.9. The van der Waals surface area contributed by atoms with E-state index in [1.807, 2.05) is 43.3 Å². The number of phenols is 1. The molecular formula is C43H41N5O6S. The van der Waals surface area contributed by atoms with Crippen LogP contribution in [0.3, 0.4) is 0 Å². The minimum atomic E-state index is -4.00. The number of fused-ring (bicyclic) bond motifs is 2. The summed E-state index contributed by atoms with van der Waals surface area (Å²) >= 11 is 0. The smallest absolute Gasteiger partial charge is 0.268 e. The number of aryl methyl sites for hydroxylation is 2. The second-order valence-corrected chi connectivity index (χ2v) is 15.7. The lowest BCUT2D eigenvalue weighted by molar-refractivity contribution is -0.205. The Labute approximate surface area is 320 Å². The third kappa shape index (κ3) is 7.36. The summed E-state index contributed by atoms with van der Waals surface area (Å²) in [5.74, 6) is 1.78. The van der Waals surface area contributed by atoms with Crippen molar-refractivity contribution in [1.29, 1.82) is 0 Å². The molecule has 2 aliphatic rings. The Morgan fingerprint density at radius 3 is 2.36 bits per heavy atom. The summed E-state index contributed by atoms with van der Waals surface area (Å²) in [5, 5.41) is 13.9. The summed E-state index contributed by atoms with van der Waals surface area (Å²) in [4.78, 5) is 46.3. The predicted octanol–water partition coefficient (Wildman–Crippen LogP) is 4.86. The van der Waals surface area contributed by atoms with Crippen LogP contribution in [-0.4, -0.2) is 86.9 Å². The zero-order valence-electron chi connectivity index (χ0n) is 30.4. The Morgan fingerprint density at radius 1 is 0.964 bits per heavy atom. The van der Waals surface area contributed by atoms with Crippen molar-refractivity contribution in [2.45, 2.75) is 49.8 Å². The van der Waals surface area contributed by atoms with Gasteiger partial charge in [0.25, 0.3) is 10.0 Å². The third-order valence-electron chi connectivity index (χ3n) is 10.2. The average Bonchev–Trinajstić information content (AvgIpc) is 3.63. The number of rotatable bonds is 11. The summed E-state index contributed by atoms with van der Waals surface area (Å²) in [6, 6.07) is 26.7. The number of aromatic hydroxyl groups is 1. The van der Waals surface area contributed by atoms with Gasteiger partial charge in [0.15, 0.2) is 0 Å². The number of phenolic OH excluding ortho intramolecular Hbond substituents is 1. The van der Waals surface area contributed by atoms with Crippen LogP contribution < -0.4 is 0 Å². The molecule has 1 N–H and O–H groups in total. The third-order valence-corrected chi connectivity index (χ3v) is 11.9. The lowest BCUT2D eigenvalue weighted by atomic mass is 9.97. The molecule has 0 spiro atoms. The van der Waals surface area contributed by atoms with Gasteiger partial charge >= 0.3 is 0 Å². The van der Waals surface area contributed by atoms with Crippen LogP contribution in [0.15, 0.2) is 121 Å². The number of hydrazine groups is 1. The topological polar surface area (TPSA) is 123 Å². The van der Waals surface area contributed by atoms with Gasteiger partial charge in [-0.3, -0.25) is 14.4 Å². The highest BCUT2D eigenvalue weighted by molar-refractivity contribution is 7.90. The van der Waals surface area contributed by atoms with E-state index in [-0.39, 0.29) is 67.4 Å². The van der Waals surface area contributed by atoms with Crippen molar-refractivity contribution in [2.24, 2.45) is 0 Å². The number of aromatic nitrogens is 1. The monoisotopic (exact) mass is 755 g/mol. The number of amides is 3. The molecule has 2 saturated heterocycles. The molecule has 280 valence electrons. The molecule has 0 bridgehead atoms. The van der Waals surface area contributed by atoms with Crippen LogP contribution in [0.2, 0.25) is 0 Å². The number of hydrogen-bond donors (Lipinski definition) is 1. The van der Waals surface area contributed by atoms with Gasteiger partial charge in [-0.05, 0) is 72.5 Å². The minimum absolute atomic E-state index is 0.0131. The van der Waals surface area contributed by atoms with Crippen LogP contribution in [0, 0.1) is 19.3 Å². The summed E-state index contributed by atoms with van der Waals surface area (Å²) < 4.78 is 29.2. The highest BCUT2D eigenvalue weighted by atomic mass is 32.2. The Morgan fingerprint density at radius 2 is 1.67 bits per heavy atom. The molecule has 2 fully saturated rings. The Bertz CT molecular complexity index is 2420. The van der Waals surface area contributed by atoms with E-state index in [1.165, 1.54) is 27.2 Å². The minimum Gasteiger partial charge on any atom is -0.508 e. The van der Waals surface area contributed by atoms with Crippen molar-refractivity contribution in [3.63, 3.8) is 0 Å². The van der Waals surface area contributed by atoms with Crippen molar-refractivity contribution < 1.29 is 27.9 Å². The Hall–Kier alpha value is -6.16. The second kappa shape index (κ2) is 15.3. The van der Waals surface area contributed by atoms with E-state index < -0.39 is 22.2 Å². The molecule has 3 heterocycles. The SMILES string of the molecule is C#Cc1ccc(CCC(=O)N2[C@H]3CN(Cc4cccc5ccn(S(=O)(=O)c6ccc(C)cc6)c45)C(=O)[C@H](Cc4ccc(O)cc4)N3C(=O)CN2CC=C)cc1. The predicted molar refractivity (Wildman–Crippen MR) is 209 cm³/mol. The largest absolute Gasteiger partial charge is 0.508 e. The Kier molecular flexibility index (Phi) is 10.3. The number of terminal acetylenes is 1. The van der Waals surface area contributed by atoms with Crippen LogP contribution >= 0.6 is 0 Å². The molecule has 3 amide bonds. The van der Waals surface area contributed by atoms with Crippen molar-refractivity contribution in [3.8, 4) is 18.1 Å². The summed E-state index contributed by atoms with van der Waals surface area (Å²) in [7, 11) is -4.00. The Balaban J connectivity index is 1.27. The molecule has 4 aromatic carbocycles. The first-order valence-corrected chi connectivity index (χ1v) is 19.4. The zero-order valence-corrected chi connectivity index (χ0v) is 31.2. The first-order chi connectivity index (χ1) is 26.5. The van der Waals surface area contributed by atoms with Crippen molar-refractivity contribution >= 4 is 38.6 Å². The molecule has 2 atom stereocenters. The standard InChI is InChI=1S/C43H41N5O6S/c1-4-24-45-29-41(51)47-38(26-33-15-18-36(49)19-16-33)43(52)44(28-39(47)48(45)40(50)22-17-32-13-11-31(5-2)12-14-32)27-35-8-6-7-34-23-25-46(42(34)35)55(53,54)37-20-9-30(3)10-21-37/h2,4,6-16,18-21,23,25,38-39,49H,1,17,22,24,26-29H2,3H3/t38-,39-/m0/s1. The summed E-state index contributed by atoms with van der Waals surface area (Å²) in [5.41, 5.74) is 4.32. The number of para-hydroxylation sites is 1. The maximum absolute atomic E-state index is 14.7. The van der Waals surface area contributed by atoms with Gasteiger partial charge in [0.2, 0.25) is 17.7 Å². The van der Waals surface area contributed by atoms with E-state index >= 15 is 0 Å². The molecule has 0 radical (unpaired) electrons. The molecule has 1 aromatic heterocycles. The van der Waals surface area contributed by atoms with Gasteiger partial charge in [0, 0.05) is 43.1 Å². The van der Waals surface area contributed by atoms with Crippen molar-refractivity contribution in [2.75, 3.05) is 19.6 Å². The molecule has 0 aliphatic carbocycles. The molecule has 55 heavy (non-hydrogen) atoms. The fraction of sp³-hybridized carbons (Fsp3) is 0.233. The highest BCUT2D eigenvalue weighted by Gasteiger charge is 2.51. The molecule has 0 saturated carbocycles. The van der Waals surface area contributed by atoms with E-state index in [9.17, 15) is 27.9 Å². The summed E-state index contributed by atoms with van der Waals surface area (Å²) in [6.07, 6.45) is 8.50. The molecule has 5 aromatic rings. The van der Waals surface area contributed by atoms with Crippen LogP contribution in [0.5, 0.6) is 5.75 Å². The van der Waals surface area contributed by atoms with Gasteiger partial charge < -0.3 is 14.9 Å². The van der Waals surface area contributed by atoms with Crippen LogP contribution in [0.25, 0.3) is 10.9 Å². The summed E-state index contributed by atoms with van der Waals surface area (Å²) in [6.45, 7) is 5.84. The maximum atomic E-state index is 14.7. The normalized spacial score (nSPS) is 17.6. The van der Waals surface area contributed by atoms with E-state index in [0.717, 1.165) is 16.7 Å². The van der Waals surface area contributed by atoms with Gasteiger partial charge in [0.05, 0.1) is 23.5 Å². The number of hydrogen-bond acceptors (Lipinski definition) is 7. The number of carbonyl (C=O) groups is 3. The van der Waals surface area contributed by atoms with Gasteiger partial charge in [-0.25, -0.2) is 22.4 Å². The molecular weight excluding hydrogens is 715 g/mol. The fourth-order valence-electron chi connectivity index (χ4n) is 7.49. The lowest BCUT2D eigenvalue weighted by Gasteiger charge is -2.55. The fourth-order valence-corrected chi connectivity index (χ4v) is 8.88. The molecule has 11 nitrogen and oxygen atoms in total. The first-order valence-electron chi connectivity index (χ1n) is 18.0. The van der Waals surface area contributed by atoms with Gasteiger partial charge in [0.1, 0.15) is 18.0 Å². The number of benzene rings is 4. The zero-order chi connectivity index (χ0) is 38.9. The van der Waals surface area contributed by atoms with Crippen LogP contribution in [0.1, 0.15) is 34.2 Å². The number of nitrogens with zero attached hydrogens (tertiary/aromatic N) is 5.